The van der Waals surface area contributed by atoms with Crippen LogP contribution in [-0.4, -0.2) is 0 Å². The first-order valence-corrected chi connectivity index (χ1v) is 4.50. The summed E-state index contributed by atoms with van der Waals surface area (Å²) in [5.41, 5.74) is 1.20. The van der Waals surface area contributed by atoms with Gasteiger partial charge in [-0.15, -0.1) is 0 Å². The molecule has 0 unspecified atom stereocenters. The summed E-state index contributed by atoms with van der Waals surface area (Å²) in [4.78, 5) is 0. The summed E-state index contributed by atoms with van der Waals surface area (Å²) in [6.07, 6.45) is 4.28. The zero-order valence-corrected chi connectivity index (χ0v) is 8.18. The molecule has 0 aliphatic rings. The third kappa shape index (κ3) is 3.10. The molecule has 0 saturated heterocycles. The third-order valence-electron chi connectivity index (χ3n) is 1.54. The number of hydrogen-bond donors (Lipinski definition) is 0. The second-order valence-corrected chi connectivity index (χ2v) is 3.59. The first-order valence-electron chi connectivity index (χ1n) is 4.12. The highest BCUT2D eigenvalue weighted by atomic mass is 35.5. The summed E-state index contributed by atoms with van der Waals surface area (Å²) in [7, 11) is 0. The molecule has 0 N–H and O–H groups in total. The zero-order valence-electron chi connectivity index (χ0n) is 7.42. The molecule has 0 fully saturated rings. The highest BCUT2D eigenvalue weighted by Gasteiger charge is 1.88. The Morgan fingerprint density at radius 3 is 2.25 bits per heavy atom. The van der Waals surface area contributed by atoms with Crippen molar-refractivity contribution in [2.75, 3.05) is 0 Å². The van der Waals surface area contributed by atoms with E-state index in [1.807, 2.05) is 24.3 Å². The van der Waals surface area contributed by atoms with E-state index in [9.17, 15) is 0 Å². The van der Waals surface area contributed by atoms with Crippen LogP contribution in [0.15, 0.2) is 30.3 Å². The molecule has 0 heterocycles. The van der Waals surface area contributed by atoms with Crippen LogP contribution in [-0.2, 0) is 0 Å². The Morgan fingerprint density at radius 2 is 1.75 bits per heavy atom. The van der Waals surface area contributed by atoms with E-state index in [0.717, 1.165) is 5.02 Å². The summed E-state index contributed by atoms with van der Waals surface area (Å²) in [6.45, 7) is 4.32. The normalized spacial score (nSPS) is 11.3. The average molecular weight is 181 g/mol. The molecular weight excluding hydrogens is 168 g/mol. The van der Waals surface area contributed by atoms with Gasteiger partial charge < -0.3 is 0 Å². The quantitative estimate of drug-likeness (QED) is 0.645. The van der Waals surface area contributed by atoms with Crippen molar-refractivity contribution in [3.05, 3.63) is 40.9 Å². The van der Waals surface area contributed by atoms with Crippen molar-refractivity contribution in [2.24, 2.45) is 5.92 Å². The predicted molar refractivity (Wildman–Crippen MR) is 55.3 cm³/mol. The van der Waals surface area contributed by atoms with Gasteiger partial charge in [-0.1, -0.05) is 49.7 Å². The molecule has 1 aromatic carbocycles. The number of halogens is 1. The molecule has 64 valence electrons. The van der Waals surface area contributed by atoms with Gasteiger partial charge in [0.15, 0.2) is 0 Å². The summed E-state index contributed by atoms with van der Waals surface area (Å²) in [6, 6.07) is 7.84. The molecule has 0 bridgehead atoms. The Labute approximate surface area is 78.9 Å². The first-order chi connectivity index (χ1) is 5.68. The topological polar surface area (TPSA) is 0 Å². The Kier molecular flexibility index (Phi) is 3.36. The van der Waals surface area contributed by atoms with Gasteiger partial charge in [-0.25, -0.2) is 0 Å². The lowest BCUT2D eigenvalue weighted by Crippen LogP contribution is -1.77. The molecule has 0 radical (unpaired) electrons. The van der Waals surface area contributed by atoms with Crippen LogP contribution in [0.3, 0.4) is 0 Å². The molecule has 0 aliphatic heterocycles. The van der Waals surface area contributed by atoms with Crippen LogP contribution in [0.1, 0.15) is 19.4 Å². The Balaban J connectivity index is 2.71. The minimum Gasteiger partial charge on any atom is -0.0843 e. The van der Waals surface area contributed by atoms with Gasteiger partial charge in [0.05, 0.1) is 0 Å². The van der Waals surface area contributed by atoms with Crippen molar-refractivity contribution in [2.45, 2.75) is 13.8 Å². The van der Waals surface area contributed by atoms with Crippen LogP contribution in [0.2, 0.25) is 5.02 Å². The largest absolute Gasteiger partial charge is 0.0843 e. The van der Waals surface area contributed by atoms with Gasteiger partial charge in [0.25, 0.3) is 0 Å². The molecule has 0 nitrogen and oxygen atoms in total. The average Bonchev–Trinajstić information content (AvgIpc) is 2.03. The van der Waals surface area contributed by atoms with Gasteiger partial charge in [-0.2, -0.15) is 0 Å². The molecule has 0 aliphatic carbocycles. The van der Waals surface area contributed by atoms with Crippen LogP contribution in [0.25, 0.3) is 6.08 Å². The molecule has 1 aromatic rings. The highest BCUT2D eigenvalue weighted by molar-refractivity contribution is 6.30. The number of hydrogen-bond acceptors (Lipinski definition) is 0. The standard InChI is InChI=1S/C11H13Cl/c1-9(2)3-4-10-5-7-11(12)8-6-10/h3-9H,1-2H3. The van der Waals surface area contributed by atoms with Crippen molar-refractivity contribution >= 4 is 17.7 Å². The molecule has 0 amide bonds. The fourth-order valence-corrected chi connectivity index (χ4v) is 1.00. The van der Waals surface area contributed by atoms with E-state index in [4.69, 9.17) is 11.6 Å². The maximum atomic E-state index is 5.75. The van der Waals surface area contributed by atoms with Gasteiger partial charge in [0, 0.05) is 5.02 Å². The molecule has 12 heavy (non-hydrogen) atoms. The molecule has 1 heteroatoms. The van der Waals surface area contributed by atoms with Crippen LogP contribution < -0.4 is 0 Å². The van der Waals surface area contributed by atoms with Gasteiger partial charge in [-0.3, -0.25) is 0 Å². The van der Waals surface area contributed by atoms with Crippen molar-refractivity contribution in [1.29, 1.82) is 0 Å². The fraction of sp³-hybridized carbons (Fsp3) is 0.273. The lowest BCUT2D eigenvalue weighted by Gasteiger charge is -1.95. The third-order valence-corrected chi connectivity index (χ3v) is 1.80. The maximum Gasteiger partial charge on any atom is 0.0406 e. The summed E-state index contributed by atoms with van der Waals surface area (Å²) < 4.78 is 0. The maximum absolute atomic E-state index is 5.75. The van der Waals surface area contributed by atoms with Gasteiger partial charge in [0.1, 0.15) is 0 Å². The Morgan fingerprint density at radius 1 is 1.17 bits per heavy atom. The SMILES string of the molecule is CC(C)C=Cc1ccc(Cl)cc1. The van der Waals surface area contributed by atoms with E-state index in [-0.39, 0.29) is 0 Å². The van der Waals surface area contributed by atoms with Gasteiger partial charge >= 0.3 is 0 Å². The zero-order chi connectivity index (χ0) is 8.97. The monoisotopic (exact) mass is 180 g/mol. The minimum absolute atomic E-state index is 0.598. The van der Waals surface area contributed by atoms with Crippen molar-refractivity contribution in [3.8, 4) is 0 Å². The van der Waals surface area contributed by atoms with Crippen molar-refractivity contribution in [1.82, 2.24) is 0 Å². The van der Waals surface area contributed by atoms with Crippen LogP contribution >= 0.6 is 11.6 Å². The fourth-order valence-electron chi connectivity index (χ4n) is 0.877. The smallest absolute Gasteiger partial charge is 0.0406 e. The van der Waals surface area contributed by atoms with E-state index >= 15 is 0 Å². The second kappa shape index (κ2) is 4.32. The molecular formula is C11H13Cl. The lowest BCUT2D eigenvalue weighted by atomic mass is 10.1. The molecule has 0 aromatic heterocycles. The van der Waals surface area contributed by atoms with E-state index in [1.54, 1.807) is 0 Å². The summed E-state index contributed by atoms with van der Waals surface area (Å²) in [5.74, 6) is 0.598. The molecule has 0 spiro atoms. The minimum atomic E-state index is 0.598. The number of rotatable bonds is 2. The number of allylic oxidation sites excluding steroid dienone is 1. The molecule has 0 saturated carbocycles. The molecule has 0 atom stereocenters. The second-order valence-electron chi connectivity index (χ2n) is 3.15. The first kappa shape index (κ1) is 9.34. The van der Waals surface area contributed by atoms with Crippen LogP contribution in [0.5, 0.6) is 0 Å². The summed E-state index contributed by atoms with van der Waals surface area (Å²) >= 11 is 5.75. The molecule has 1 rings (SSSR count). The Bertz CT molecular complexity index is 257. The van der Waals surface area contributed by atoms with Crippen molar-refractivity contribution < 1.29 is 0 Å². The van der Waals surface area contributed by atoms with E-state index < -0.39 is 0 Å². The van der Waals surface area contributed by atoms with E-state index in [1.165, 1.54) is 5.56 Å². The Hall–Kier alpha value is -0.750. The predicted octanol–water partition coefficient (Wildman–Crippen LogP) is 4.01. The van der Waals surface area contributed by atoms with Crippen LogP contribution in [0, 0.1) is 5.92 Å². The van der Waals surface area contributed by atoms with Gasteiger partial charge in [-0.05, 0) is 23.6 Å². The van der Waals surface area contributed by atoms with E-state index in [0.29, 0.717) is 5.92 Å². The van der Waals surface area contributed by atoms with Crippen LogP contribution in [0.4, 0.5) is 0 Å². The lowest BCUT2D eigenvalue weighted by molar-refractivity contribution is 0.836. The highest BCUT2D eigenvalue weighted by Crippen LogP contribution is 2.11. The van der Waals surface area contributed by atoms with Gasteiger partial charge in [0.2, 0.25) is 0 Å². The number of benzene rings is 1. The summed E-state index contributed by atoms with van der Waals surface area (Å²) in [5, 5.41) is 0.789. The van der Waals surface area contributed by atoms with E-state index in [2.05, 4.69) is 26.0 Å². The van der Waals surface area contributed by atoms with Crippen molar-refractivity contribution in [3.63, 3.8) is 0 Å².